The number of carbonyl (C=O) groups excluding carboxylic acids is 1. The van der Waals surface area contributed by atoms with Crippen molar-refractivity contribution >= 4 is 13.8 Å². The van der Waals surface area contributed by atoms with Crippen molar-refractivity contribution in [2.24, 2.45) is 0 Å². The summed E-state index contributed by atoms with van der Waals surface area (Å²) in [6.07, 6.45) is 49.9. The molecule has 0 aliphatic heterocycles. The van der Waals surface area contributed by atoms with Crippen molar-refractivity contribution < 1.29 is 58.3 Å². The summed E-state index contributed by atoms with van der Waals surface area (Å²) >= 11 is 0. The summed E-state index contributed by atoms with van der Waals surface area (Å²) in [7, 11) is -5.04. The van der Waals surface area contributed by atoms with Gasteiger partial charge >= 0.3 is 13.8 Å². The molecular formula is C57H101O12P. The van der Waals surface area contributed by atoms with E-state index in [2.05, 4.69) is 86.8 Å². The second-order valence-corrected chi connectivity index (χ2v) is 20.5. The number of phosphoric acid groups is 1. The fourth-order valence-corrected chi connectivity index (χ4v) is 9.23. The summed E-state index contributed by atoms with van der Waals surface area (Å²) in [5, 5.41) is 50.4. The average Bonchev–Trinajstić information content (AvgIpc) is 3.35. The van der Waals surface area contributed by atoms with Crippen molar-refractivity contribution in [1.29, 1.82) is 0 Å². The van der Waals surface area contributed by atoms with Gasteiger partial charge in [0.05, 0.1) is 13.2 Å². The van der Waals surface area contributed by atoms with Crippen molar-refractivity contribution in [2.45, 2.75) is 262 Å². The lowest BCUT2D eigenvalue weighted by atomic mass is 9.85. The first-order valence-electron chi connectivity index (χ1n) is 27.8. The summed E-state index contributed by atoms with van der Waals surface area (Å²) in [5.41, 5.74) is 0. The lowest BCUT2D eigenvalue weighted by Crippen LogP contribution is -2.64. The molecule has 1 fully saturated rings. The molecule has 1 saturated carbocycles. The molecule has 1 aliphatic carbocycles. The second kappa shape index (κ2) is 46.6. The summed E-state index contributed by atoms with van der Waals surface area (Å²) in [4.78, 5) is 23.3. The lowest BCUT2D eigenvalue weighted by Gasteiger charge is -2.41. The van der Waals surface area contributed by atoms with Crippen LogP contribution < -0.4 is 0 Å². The Morgan fingerprint density at radius 1 is 0.471 bits per heavy atom. The largest absolute Gasteiger partial charge is 0.472 e. The van der Waals surface area contributed by atoms with Gasteiger partial charge in [0.25, 0.3) is 0 Å². The van der Waals surface area contributed by atoms with Gasteiger partial charge in [0.2, 0.25) is 0 Å². The van der Waals surface area contributed by atoms with Crippen LogP contribution in [0.5, 0.6) is 0 Å². The number of ether oxygens (including phenoxy) is 2. The highest BCUT2D eigenvalue weighted by Crippen LogP contribution is 2.47. The third kappa shape index (κ3) is 37.5. The molecular weight excluding hydrogens is 908 g/mol. The average molecular weight is 1010 g/mol. The Kier molecular flexibility index (Phi) is 43.8. The third-order valence-electron chi connectivity index (χ3n) is 12.6. The molecule has 0 spiro atoms. The van der Waals surface area contributed by atoms with Crippen molar-refractivity contribution in [3.8, 4) is 0 Å². The van der Waals surface area contributed by atoms with Crippen LogP contribution in [0.1, 0.15) is 219 Å². The van der Waals surface area contributed by atoms with Crippen molar-refractivity contribution in [2.75, 3.05) is 19.8 Å². The van der Waals surface area contributed by atoms with Crippen molar-refractivity contribution in [3.63, 3.8) is 0 Å². The third-order valence-corrected chi connectivity index (χ3v) is 13.6. The molecule has 1 aliphatic rings. The maximum absolute atomic E-state index is 12.9. The Labute approximate surface area is 425 Å². The maximum atomic E-state index is 12.9. The Hall–Kier alpha value is -2.22. The monoisotopic (exact) mass is 1010 g/mol. The van der Waals surface area contributed by atoms with E-state index < -0.39 is 63.1 Å². The zero-order valence-corrected chi connectivity index (χ0v) is 44.7. The first-order valence-corrected chi connectivity index (χ1v) is 29.3. The van der Waals surface area contributed by atoms with Crippen LogP contribution in [0, 0.1) is 0 Å². The zero-order chi connectivity index (χ0) is 51.2. The van der Waals surface area contributed by atoms with Crippen LogP contribution in [-0.4, -0.2) is 98.9 Å². The van der Waals surface area contributed by atoms with E-state index in [1.165, 1.54) is 122 Å². The molecule has 6 atom stereocenters. The fraction of sp³-hybridized carbons (Fsp3) is 0.772. The molecule has 12 nitrogen and oxygen atoms in total. The summed E-state index contributed by atoms with van der Waals surface area (Å²) in [6.45, 7) is 4.03. The summed E-state index contributed by atoms with van der Waals surface area (Å²) in [6, 6.07) is 0. The molecule has 0 saturated heterocycles. The molecule has 0 aromatic rings. The van der Waals surface area contributed by atoms with Crippen LogP contribution in [0.3, 0.4) is 0 Å². The van der Waals surface area contributed by atoms with Gasteiger partial charge in [0, 0.05) is 13.0 Å². The number of allylic oxidation sites excluding steroid dienone is 12. The number of hydrogen-bond acceptors (Lipinski definition) is 11. The second-order valence-electron chi connectivity index (χ2n) is 19.1. The van der Waals surface area contributed by atoms with Gasteiger partial charge < -0.3 is 39.9 Å². The van der Waals surface area contributed by atoms with E-state index in [1.54, 1.807) is 0 Å². The molecule has 0 radical (unpaired) electrons. The Morgan fingerprint density at radius 2 is 0.829 bits per heavy atom. The van der Waals surface area contributed by atoms with Gasteiger partial charge in [-0.25, -0.2) is 4.57 Å². The van der Waals surface area contributed by atoms with E-state index in [0.29, 0.717) is 19.4 Å². The van der Waals surface area contributed by atoms with Gasteiger partial charge in [0.1, 0.15) is 42.7 Å². The van der Waals surface area contributed by atoms with Gasteiger partial charge in [-0.15, -0.1) is 0 Å². The predicted molar refractivity (Wildman–Crippen MR) is 285 cm³/mol. The Morgan fingerprint density at radius 3 is 1.23 bits per heavy atom. The number of hydrogen-bond donors (Lipinski definition) is 6. The number of unbranched alkanes of at least 4 members (excludes halogenated alkanes) is 23. The molecule has 13 heteroatoms. The fourth-order valence-electron chi connectivity index (χ4n) is 8.26. The van der Waals surface area contributed by atoms with E-state index >= 15 is 0 Å². The van der Waals surface area contributed by atoms with Gasteiger partial charge in [-0.1, -0.05) is 228 Å². The zero-order valence-electron chi connectivity index (χ0n) is 43.8. The standard InChI is InChI=1S/C57H101O12P/c1-3-5-7-9-11-13-15-17-19-21-23-25-26-27-28-30-32-34-36-38-40-42-44-46-51(58)68-50(49-67-70(64,65)69-57-55(62)53(60)52(59)54(61)56(57)63)48-66-47-45-43-41-39-37-35-33-31-29-24-22-20-18-16-14-12-10-8-6-4-2/h6,8,12,14,18,20,24,29,33,35,39,41,50,52-57,59-63H,3-5,7,9-11,13,15-17,19,21-23,25-28,30-32,34,36-38,40,42-49H2,1-2H3,(H,64,65)/b8-6-,14-12-,20-18-,29-24-,35-33-,41-39-. The first-order chi connectivity index (χ1) is 34.0. The highest BCUT2D eigenvalue weighted by Gasteiger charge is 2.51. The number of rotatable bonds is 47. The first kappa shape index (κ1) is 65.8. The normalized spacial score (nSPS) is 21.4. The van der Waals surface area contributed by atoms with Crippen LogP contribution in [0.4, 0.5) is 0 Å². The summed E-state index contributed by atoms with van der Waals surface area (Å²) < 4.78 is 34.3. The van der Waals surface area contributed by atoms with Gasteiger partial charge in [-0.3, -0.25) is 13.8 Å². The van der Waals surface area contributed by atoms with Crippen LogP contribution in [0.2, 0.25) is 0 Å². The van der Waals surface area contributed by atoms with Crippen molar-refractivity contribution in [1.82, 2.24) is 0 Å². The molecule has 0 aromatic carbocycles. The molecule has 0 heterocycles. The molecule has 6 unspecified atom stereocenters. The van der Waals surface area contributed by atoms with E-state index in [0.717, 1.165) is 64.2 Å². The quantitative estimate of drug-likeness (QED) is 0.0147. The highest BCUT2D eigenvalue weighted by atomic mass is 31.2. The Balaban J connectivity index is 2.34. The van der Waals surface area contributed by atoms with Gasteiger partial charge in [-0.05, 0) is 57.8 Å². The molecule has 406 valence electrons. The highest BCUT2D eigenvalue weighted by molar-refractivity contribution is 7.47. The minimum Gasteiger partial charge on any atom is -0.457 e. The maximum Gasteiger partial charge on any atom is 0.472 e. The molecule has 0 aromatic heterocycles. The number of aliphatic hydroxyl groups excluding tert-OH is 5. The lowest BCUT2D eigenvalue weighted by molar-refractivity contribution is -0.220. The summed E-state index contributed by atoms with van der Waals surface area (Å²) in [5.74, 6) is -0.495. The predicted octanol–water partition coefficient (Wildman–Crippen LogP) is 13.1. The van der Waals surface area contributed by atoms with E-state index in [9.17, 15) is 39.8 Å². The van der Waals surface area contributed by atoms with E-state index in [-0.39, 0.29) is 13.0 Å². The number of phosphoric ester groups is 1. The van der Waals surface area contributed by atoms with Crippen LogP contribution in [0.25, 0.3) is 0 Å². The van der Waals surface area contributed by atoms with Crippen LogP contribution >= 0.6 is 7.82 Å². The van der Waals surface area contributed by atoms with Gasteiger partial charge in [-0.2, -0.15) is 0 Å². The SMILES string of the molecule is CC/C=C\C/C=C\C/C=C\C/C=C\C/C=C\C/C=C\CCCOCC(COP(=O)(O)OC1C(O)C(O)C(O)C(O)C1O)OC(=O)CCCCCCCCCCCCCCCCCCCCCCCCC. The van der Waals surface area contributed by atoms with Crippen LogP contribution in [0.15, 0.2) is 72.9 Å². The topological polar surface area (TPSA) is 192 Å². The smallest absolute Gasteiger partial charge is 0.457 e. The molecule has 6 N–H and O–H groups in total. The van der Waals surface area contributed by atoms with Crippen molar-refractivity contribution in [3.05, 3.63) is 72.9 Å². The number of esters is 1. The minimum absolute atomic E-state index is 0.118. The Bertz CT molecular complexity index is 1430. The van der Waals surface area contributed by atoms with E-state index in [1.807, 2.05) is 0 Å². The van der Waals surface area contributed by atoms with Crippen LogP contribution in [-0.2, 0) is 27.9 Å². The van der Waals surface area contributed by atoms with Gasteiger partial charge in [0.15, 0.2) is 0 Å². The number of aliphatic hydroxyl groups is 5. The number of carbonyl (C=O) groups is 1. The molecule has 70 heavy (non-hydrogen) atoms. The minimum atomic E-state index is -5.04. The molecule has 1 rings (SSSR count). The molecule has 0 amide bonds. The molecule has 0 bridgehead atoms. The van der Waals surface area contributed by atoms with E-state index in [4.69, 9.17) is 18.5 Å².